The molecule has 1 heterocycles. The Morgan fingerprint density at radius 2 is 2.11 bits per heavy atom. The van der Waals surface area contributed by atoms with Crippen LogP contribution in [0.15, 0.2) is 0 Å². The van der Waals surface area contributed by atoms with Gasteiger partial charge < -0.3 is 15.8 Å². The smallest absolute Gasteiger partial charge is 0.242 e. The molecule has 2 rings (SSSR count). The van der Waals surface area contributed by atoms with Crippen LogP contribution in [-0.4, -0.2) is 23.1 Å². The van der Waals surface area contributed by atoms with E-state index in [0.29, 0.717) is 35.8 Å². The number of hydrogen-bond donors (Lipinski definition) is 2. The first-order valence-corrected chi connectivity index (χ1v) is 6.65. The third kappa shape index (κ3) is 3.03. The number of nitrogens with two attached hydrogens (primary N) is 1. The minimum absolute atomic E-state index is 0.450. The number of anilines is 2. The first kappa shape index (κ1) is 12.9. The highest BCUT2D eigenvalue weighted by Gasteiger charge is 2.28. The molecule has 5 heteroatoms. The van der Waals surface area contributed by atoms with E-state index in [9.17, 15) is 0 Å². The van der Waals surface area contributed by atoms with Crippen LogP contribution in [0, 0.1) is 5.92 Å². The zero-order valence-corrected chi connectivity index (χ0v) is 11.4. The van der Waals surface area contributed by atoms with Gasteiger partial charge in [0.15, 0.2) is 5.82 Å². The minimum atomic E-state index is 0.450. The molecule has 0 saturated heterocycles. The van der Waals surface area contributed by atoms with Crippen molar-refractivity contribution in [3.05, 3.63) is 5.82 Å². The van der Waals surface area contributed by atoms with Crippen LogP contribution in [0.25, 0.3) is 0 Å². The van der Waals surface area contributed by atoms with Gasteiger partial charge in [-0.25, -0.2) is 4.98 Å². The van der Waals surface area contributed by atoms with Gasteiger partial charge in [-0.1, -0.05) is 13.8 Å². The number of aromatic nitrogens is 2. The second kappa shape index (κ2) is 5.42. The molecule has 0 aliphatic heterocycles. The van der Waals surface area contributed by atoms with Gasteiger partial charge in [0, 0.05) is 12.5 Å². The predicted molar refractivity (Wildman–Crippen MR) is 72.9 cm³/mol. The Balaban J connectivity index is 2.24. The maximum absolute atomic E-state index is 6.03. The van der Waals surface area contributed by atoms with Crippen molar-refractivity contribution in [3.63, 3.8) is 0 Å². The average Bonchev–Trinajstić information content (AvgIpc) is 3.14. The summed E-state index contributed by atoms with van der Waals surface area (Å²) in [6, 6.07) is 0. The molecule has 3 N–H and O–H groups in total. The molecule has 1 aliphatic carbocycles. The lowest BCUT2D eigenvalue weighted by atomic mass is 10.2. The molecule has 1 aliphatic rings. The van der Waals surface area contributed by atoms with Crippen LogP contribution in [0.2, 0.25) is 0 Å². The maximum Gasteiger partial charge on any atom is 0.242 e. The first-order valence-electron chi connectivity index (χ1n) is 6.65. The zero-order chi connectivity index (χ0) is 13.1. The monoisotopic (exact) mass is 250 g/mol. The lowest BCUT2D eigenvalue weighted by Gasteiger charge is -2.14. The van der Waals surface area contributed by atoms with Crippen LogP contribution in [0.3, 0.4) is 0 Å². The van der Waals surface area contributed by atoms with Crippen LogP contribution in [0.4, 0.5) is 11.5 Å². The van der Waals surface area contributed by atoms with E-state index in [0.717, 1.165) is 12.4 Å². The molecule has 1 saturated carbocycles. The number of nitrogens with zero attached hydrogens (tertiary/aromatic N) is 2. The summed E-state index contributed by atoms with van der Waals surface area (Å²) in [6.45, 7) is 7.63. The zero-order valence-electron chi connectivity index (χ0n) is 11.4. The first-order chi connectivity index (χ1) is 8.61. The molecule has 0 spiro atoms. The summed E-state index contributed by atoms with van der Waals surface area (Å²) < 4.78 is 5.69. The van der Waals surface area contributed by atoms with Crippen molar-refractivity contribution in [3.8, 4) is 5.88 Å². The molecule has 1 aromatic rings. The highest BCUT2D eigenvalue weighted by molar-refractivity contribution is 5.67. The highest BCUT2D eigenvalue weighted by Crippen LogP contribution is 2.40. The molecule has 0 radical (unpaired) electrons. The summed E-state index contributed by atoms with van der Waals surface area (Å²) in [4.78, 5) is 8.94. The second-order valence-electron chi connectivity index (χ2n) is 5.16. The van der Waals surface area contributed by atoms with Gasteiger partial charge in [0.25, 0.3) is 0 Å². The average molecular weight is 250 g/mol. The highest BCUT2D eigenvalue weighted by atomic mass is 16.5. The molecular formula is C13H22N4O. The van der Waals surface area contributed by atoms with E-state index in [-0.39, 0.29) is 0 Å². The molecule has 5 nitrogen and oxygen atoms in total. The Morgan fingerprint density at radius 3 is 2.67 bits per heavy atom. The summed E-state index contributed by atoms with van der Waals surface area (Å²) >= 11 is 0. The number of ether oxygens (including phenoxy) is 1. The van der Waals surface area contributed by atoms with Gasteiger partial charge in [-0.05, 0) is 25.7 Å². The minimum Gasteiger partial charge on any atom is -0.476 e. The predicted octanol–water partition coefficient (Wildman–Crippen LogP) is 2.40. The summed E-state index contributed by atoms with van der Waals surface area (Å²) in [5.41, 5.74) is 6.55. The van der Waals surface area contributed by atoms with Crippen LogP contribution < -0.4 is 15.8 Å². The lowest BCUT2D eigenvalue weighted by Crippen LogP contribution is -2.12. The van der Waals surface area contributed by atoms with Crippen LogP contribution >= 0.6 is 0 Å². The Morgan fingerprint density at radius 1 is 1.39 bits per heavy atom. The largest absolute Gasteiger partial charge is 0.476 e. The SMILES string of the molecule is CCNc1nc(C2CC2)nc(OCC(C)C)c1N. The molecule has 0 bridgehead atoms. The van der Waals surface area contributed by atoms with Crippen LogP contribution in [0.5, 0.6) is 5.88 Å². The van der Waals surface area contributed by atoms with E-state index in [1.807, 2.05) is 6.92 Å². The van der Waals surface area contributed by atoms with Crippen molar-refractivity contribution in [2.45, 2.75) is 39.5 Å². The van der Waals surface area contributed by atoms with Crippen molar-refractivity contribution >= 4 is 11.5 Å². The summed E-state index contributed by atoms with van der Waals surface area (Å²) in [5, 5.41) is 3.17. The van der Waals surface area contributed by atoms with E-state index < -0.39 is 0 Å². The van der Waals surface area contributed by atoms with Crippen LogP contribution in [-0.2, 0) is 0 Å². The number of nitrogen functional groups attached to an aromatic ring is 1. The van der Waals surface area contributed by atoms with E-state index >= 15 is 0 Å². The molecule has 100 valence electrons. The molecule has 18 heavy (non-hydrogen) atoms. The van der Waals surface area contributed by atoms with Gasteiger partial charge in [-0.3, -0.25) is 0 Å². The molecule has 0 aromatic carbocycles. The van der Waals surface area contributed by atoms with Gasteiger partial charge in [-0.15, -0.1) is 0 Å². The molecule has 0 amide bonds. The molecule has 0 atom stereocenters. The topological polar surface area (TPSA) is 73.1 Å². The van der Waals surface area contributed by atoms with Crippen molar-refractivity contribution in [1.29, 1.82) is 0 Å². The normalized spacial score (nSPS) is 14.9. The molecule has 0 unspecified atom stereocenters. The van der Waals surface area contributed by atoms with Crippen molar-refractivity contribution in [1.82, 2.24) is 9.97 Å². The van der Waals surface area contributed by atoms with E-state index in [2.05, 4.69) is 29.1 Å². The number of hydrogen-bond acceptors (Lipinski definition) is 5. The van der Waals surface area contributed by atoms with E-state index in [1.54, 1.807) is 0 Å². The van der Waals surface area contributed by atoms with Crippen molar-refractivity contribution in [2.24, 2.45) is 5.92 Å². The summed E-state index contributed by atoms with van der Waals surface area (Å²) in [5.74, 6) is 3.03. The van der Waals surface area contributed by atoms with Crippen molar-refractivity contribution < 1.29 is 4.74 Å². The fourth-order valence-electron chi connectivity index (χ4n) is 1.65. The number of rotatable bonds is 6. The fraction of sp³-hybridized carbons (Fsp3) is 0.692. The van der Waals surface area contributed by atoms with Crippen molar-refractivity contribution in [2.75, 3.05) is 24.2 Å². The van der Waals surface area contributed by atoms with Gasteiger partial charge in [-0.2, -0.15) is 4.98 Å². The molecular weight excluding hydrogens is 228 g/mol. The third-order valence-corrected chi connectivity index (χ3v) is 2.77. The van der Waals surface area contributed by atoms with Gasteiger partial charge >= 0.3 is 0 Å². The standard InChI is InChI=1S/C13H22N4O/c1-4-15-12-10(14)13(18-7-8(2)3)17-11(16-12)9-5-6-9/h8-9H,4-7,14H2,1-3H3,(H,15,16,17). The second-order valence-corrected chi connectivity index (χ2v) is 5.16. The Labute approximate surface area is 108 Å². The van der Waals surface area contributed by atoms with Gasteiger partial charge in [0.1, 0.15) is 11.5 Å². The van der Waals surface area contributed by atoms with Crippen LogP contribution in [0.1, 0.15) is 45.4 Å². The van der Waals surface area contributed by atoms with Gasteiger partial charge in [0.2, 0.25) is 5.88 Å². The van der Waals surface area contributed by atoms with Gasteiger partial charge in [0.05, 0.1) is 6.61 Å². The Kier molecular flexibility index (Phi) is 3.89. The molecule has 1 fully saturated rings. The Hall–Kier alpha value is -1.52. The van der Waals surface area contributed by atoms with E-state index in [4.69, 9.17) is 10.5 Å². The lowest BCUT2D eigenvalue weighted by molar-refractivity contribution is 0.262. The summed E-state index contributed by atoms with van der Waals surface area (Å²) in [6.07, 6.45) is 2.33. The Bertz CT molecular complexity index is 416. The number of nitrogens with one attached hydrogen (secondary N) is 1. The third-order valence-electron chi connectivity index (χ3n) is 2.77. The molecule has 1 aromatic heterocycles. The fourth-order valence-corrected chi connectivity index (χ4v) is 1.65. The maximum atomic E-state index is 6.03. The summed E-state index contributed by atoms with van der Waals surface area (Å²) in [7, 11) is 0. The quantitative estimate of drug-likeness (QED) is 0.811. The van der Waals surface area contributed by atoms with E-state index in [1.165, 1.54) is 12.8 Å².